The van der Waals surface area contributed by atoms with Crippen molar-refractivity contribution in [2.24, 2.45) is 0 Å². The molecule has 0 fully saturated rings. The minimum Gasteiger partial charge on any atom is -0.508 e. The number of phenols is 1. The van der Waals surface area contributed by atoms with E-state index in [9.17, 15) is 5.11 Å². The molecule has 2 aromatic rings. The maximum Gasteiger partial charge on any atom is 0.119 e. The van der Waals surface area contributed by atoms with Crippen LogP contribution in [0.5, 0.6) is 11.5 Å². The van der Waals surface area contributed by atoms with Crippen LogP contribution in [-0.4, -0.2) is 24.8 Å². The lowest BCUT2D eigenvalue weighted by atomic mass is 10.0. The Labute approximate surface area is 120 Å². The first-order valence-corrected chi connectivity index (χ1v) is 6.91. The van der Waals surface area contributed by atoms with E-state index in [4.69, 9.17) is 4.74 Å². The fraction of sp³-hybridized carbons (Fsp3) is 0.294. The molecule has 0 spiro atoms. The number of nitrogens with one attached hydrogen (secondary N) is 1. The normalized spacial score (nSPS) is 12.1. The van der Waals surface area contributed by atoms with Crippen molar-refractivity contribution in [3.8, 4) is 11.5 Å². The molecule has 3 nitrogen and oxygen atoms in total. The highest BCUT2D eigenvalue weighted by Crippen LogP contribution is 2.14. The van der Waals surface area contributed by atoms with Crippen molar-refractivity contribution in [2.75, 3.05) is 13.7 Å². The van der Waals surface area contributed by atoms with Gasteiger partial charge in [0.05, 0.1) is 6.61 Å². The summed E-state index contributed by atoms with van der Waals surface area (Å²) < 4.78 is 5.71. The number of para-hydroxylation sites is 1. The first kappa shape index (κ1) is 14.4. The fourth-order valence-electron chi connectivity index (χ4n) is 2.15. The molecule has 0 saturated carbocycles. The molecule has 20 heavy (non-hydrogen) atoms. The fourth-order valence-corrected chi connectivity index (χ4v) is 2.15. The van der Waals surface area contributed by atoms with Crippen molar-refractivity contribution in [2.45, 2.75) is 18.9 Å². The molecular formula is C17H21NO2. The molecule has 0 aliphatic heterocycles. The molecule has 0 amide bonds. The molecule has 0 bridgehead atoms. The van der Waals surface area contributed by atoms with Gasteiger partial charge in [-0.1, -0.05) is 30.3 Å². The second-order valence-corrected chi connectivity index (χ2v) is 4.81. The minimum atomic E-state index is 0.317. The summed E-state index contributed by atoms with van der Waals surface area (Å²) in [6.45, 7) is 0.675. The van der Waals surface area contributed by atoms with Crippen LogP contribution < -0.4 is 10.1 Å². The van der Waals surface area contributed by atoms with Gasteiger partial charge in [-0.05, 0) is 49.7 Å². The van der Waals surface area contributed by atoms with E-state index in [0.717, 1.165) is 24.2 Å². The molecule has 1 unspecified atom stereocenters. The molecule has 0 radical (unpaired) electrons. The van der Waals surface area contributed by atoms with Gasteiger partial charge in [0.2, 0.25) is 0 Å². The Hall–Kier alpha value is -2.00. The third kappa shape index (κ3) is 4.59. The van der Waals surface area contributed by atoms with Crippen LogP contribution in [0.2, 0.25) is 0 Å². The van der Waals surface area contributed by atoms with Gasteiger partial charge >= 0.3 is 0 Å². The topological polar surface area (TPSA) is 41.5 Å². The number of ether oxygens (including phenoxy) is 1. The summed E-state index contributed by atoms with van der Waals surface area (Å²) in [5.41, 5.74) is 1.13. The van der Waals surface area contributed by atoms with E-state index in [2.05, 4.69) is 5.32 Å². The Morgan fingerprint density at radius 1 is 1.10 bits per heavy atom. The van der Waals surface area contributed by atoms with Crippen molar-refractivity contribution < 1.29 is 9.84 Å². The van der Waals surface area contributed by atoms with E-state index >= 15 is 0 Å². The smallest absolute Gasteiger partial charge is 0.119 e. The molecule has 3 heteroatoms. The summed E-state index contributed by atoms with van der Waals surface area (Å²) in [5, 5.41) is 12.8. The van der Waals surface area contributed by atoms with Gasteiger partial charge < -0.3 is 15.2 Å². The zero-order valence-electron chi connectivity index (χ0n) is 11.8. The molecule has 1 atom stereocenters. The predicted octanol–water partition coefficient (Wildman–Crippen LogP) is 2.99. The number of rotatable bonds is 7. The Bertz CT molecular complexity index is 513. The van der Waals surface area contributed by atoms with Crippen LogP contribution in [0, 0.1) is 0 Å². The first-order valence-electron chi connectivity index (χ1n) is 6.91. The van der Waals surface area contributed by atoms with E-state index in [1.54, 1.807) is 6.07 Å². The maximum atomic E-state index is 9.48. The predicted molar refractivity (Wildman–Crippen MR) is 81.2 cm³/mol. The third-order valence-electron chi connectivity index (χ3n) is 3.28. The Morgan fingerprint density at radius 3 is 2.60 bits per heavy atom. The number of benzene rings is 2. The van der Waals surface area contributed by atoms with Crippen molar-refractivity contribution in [3.05, 3.63) is 60.2 Å². The average Bonchev–Trinajstić information content (AvgIpc) is 2.47. The molecule has 2 N–H and O–H groups in total. The van der Waals surface area contributed by atoms with Crippen LogP contribution in [0.25, 0.3) is 0 Å². The van der Waals surface area contributed by atoms with Crippen LogP contribution in [0.1, 0.15) is 12.0 Å². The van der Waals surface area contributed by atoms with Gasteiger partial charge in [0, 0.05) is 6.04 Å². The van der Waals surface area contributed by atoms with Gasteiger partial charge in [-0.3, -0.25) is 0 Å². The number of aromatic hydroxyl groups is 1. The molecule has 106 valence electrons. The maximum absolute atomic E-state index is 9.48. The first-order chi connectivity index (χ1) is 9.78. The van der Waals surface area contributed by atoms with E-state index in [1.807, 2.05) is 55.6 Å². The molecule has 0 aliphatic carbocycles. The zero-order chi connectivity index (χ0) is 14.2. The highest BCUT2D eigenvalue weighted by atomic mass is 16.5. The van der Waals surface area contributed by atoms with E-state index in [0.29, 0.717) is 18.4 Å². The molecule has 0 saturated heterocycles. The van der Waals surface area contributed by atoms with Gasteiger partial charge in [0.25, 0.3) is 0 Å². The van der Waals surface area contributed by atoms with E-state index < -0.39 is 0 Å². The van der Waals surface area contributed by atoms with Gasteiger partial charge in [-0.25, -0.2) is 0 Å². The van der Waals surface area contributed by atoms with Gasteiger partial charge in [-0.2, -0.15) is 0 Å². The highest BCUT2D eigenvalue weighted by Gasteiger charge is 2.08. The average molecular weight is 271 g/mol. The summed E-state index contributed by atoms with van der Waals surface area (Å²) in [7, 11) is 1.95. The Balaban J connectivity index is 1.80. The van der Waals surface area contributed by atoms with Crippen molar-refractivity contribution in [3.63, 3.8) is 0 Å². The van der Waals surface area contributed by atoms with Gasteiger partial charge in [-0.15, -0.1) is 0 Å². The SMILES string of the molecule is CNC(CCOc1ccccc1)Cc1cccc(O)c1. The lowest BCUT2D eigenvalue weighted by molar-refractivity contribution is 0.288. The molecule has 2 rings (SSSR count). The summed E-state index contributed by atoms with van der Waals surface area (Å²) in [6.07, 6.45) is 1.80. The second-order valence-electron chi connectivity index (χ2n) is 4.81. The molecule has 0 aliphatic rings. The lowest BCUT2D eigenvalue weighted by Gasteiger charge is -2.16. The summed E-state index contributed by atoms with van der Waals surface area (Å²) in [6, 6.07) is 17.6. The number of hydrogen-bond donors (Lipinski definition) is 2. The number of phenolic OH excluding ortho intramolecular Hbond substituents is 1. The van der Waals surface area contributed by atoms with Crippen molar-refractivity contribution >= 4 is 0 Å². The highest BCUT2D eigenvalue weighted by molar-refractivity contribution is 5.27. The monoisotopic (exact) mass is 271 g/mol. The quantitative estimate of drug-likeness (QED) is 0.813. The van der Waals surface area contributed by atoms with Crippen LogP contribution in [0.4, 0.5) is 0 Å². The van der Waals surface area contributed by atoms with E-state index in [-0.39, 0.29) is 0 Å². The van der Waals surface area contributed by atoms with Crippen LogP contribution in [-0.2, 0) is 6.42 Å². The number of hydrogen-bond acceptors (Lipinski definition) is 3. The summed E-state index contributed by atoms with van der Waals surface area (Å²) in [4.78, 5) is 0. The Morgan fingerprint density at radius 2 is 1.90 bits per heavy atom. The Kier molecular flexibility index (Phi) is 5.44. The van der Waals surface area contributed by atoms with Crippen LogP contribution in [0.3, 0.4) is 0 Å². The second kappa shape index (κ2) is 7.56. The summed E-state index contributed by atoms with van der Waals surface area (Å²) >= 11 is 0. The standard InChI is InChI=1S/C17H21NO2/c1-18-15(12-14-6-5-7-16(19)13-14)10-11-20-17-8-3-2-4-9-17/h2-9,13,15,18-19H,10-12H2,1H3. The minimum absolute atomic E-state index is 0.317. The number of likely N-dealkylation sites (N-methyl/N-ethyl adjacent to an activating group) is 1. The molecule has 0 heterocycles. The molecule has 0 aromatic heterocycles. The largest absolute Gasteiger partial charge is 0.508 e. The van der Waals surface area contributed by atoms with Gasteiger partial charge in [0.15, 0.2) is 0 Å². The van der Waals surface area contributed by atoms with Gasteiger partial charge in [0.1, 0.15) is 11.5 Å². The lowest BCUT2D eigenvalue weighted by Crippen LogP contribution is -2.29. The van der Waals surface area contributed by atoms with Crippen molar-refractivity contribution in [1.29, 1.82) is 0 Å². The molecular weight excluding hydrogens is 250 g/mol. The van der Waals surface area contributed by atoms with Crippen LogP contribution in [0.15, 0.2) is 54.6 Å². The van der Waals surface area contributed by atoms with Crippen molar-refractivity contribution in [1.82, 2.24) is 5.32 Å². The summed E-state index contributed by atoms with van der Waals surface area (Å²) in [5.74, 6) is 1.22. The van der Waals surface area contributed by atoms with Crippen LogP contribution >= 0.6 is 0 Å². The zero-order valence-corrected chi connectivity index (χ0v) is 11.8. The molecule has 2 aromatic carbocycles. The third-order valence-corrected chi connectivity index (χ3v) is 3.28. The van der Waals surface area contributed by atoms with E-state index in [1.165, 1.54) is 0 Å².